The third-order valence-electron chi connectivity index (χ3n) is 4.10. The lowest BCUT2D eigenvalue weighted by Crippen LogP contribution is -2.36. The fraction of sp³-hybridized carbons (Fsp3) is 0.625. The predicted molar refractivity (Wildman–Crippen MR) is 77.9 cm³/mol. The zero-order valence-electron chi connectivity index (χ0n) is 11.9. The van der Waals surface area contributed by atoms with Gasteiger partial charge < -0.3 is 5.73 Å². The summed E-state index contributed by atoms with van der Waals surface area (Å²) in [4.78, 5) is 2.36. The van der Waals surface area contributed by atoms with Crippen molar-refractivity contribution < 1.29 is 8.78 Å². The van der Waals surface area contributed by atoms with Crippen molar-refractivity contribution in [2.75, 3.05) is 19.6 Å². The van der Waals surface area contributed by atoms with E-state index in [9.17, 15) is 8.78 Å². The smallest absolute Gasteiger partial charge is 0.263 e. The lowest BCUT2D eigenvalue weighted by molar-refractivity contribution is 0.150. The molecule has 0 bridgehead atoms. The second kappa shape index (κ2) is 7.70. The van der Waals surface area contributed by atoms with Crippen molar-refractivity contribution >= 4 is 0 Å². The van der Waals surface area contributed by atoms with Crippen LogP contribution in [0.3, 0.4) is 0 Å². The molecular formula is C16H24F2N2. The van der Waals surface area contributed by atoms with Crippen LogP contribution in [-0.4, -0.2) is 24.5 Å². The van der Waals surface area contributed by atoms with Crippen LogP contribution < -0.4 is 5.73 Å². The van der Waals surface area contributed by atoms with Gasteiger partial charge in [-0.05, 0) is 37.6 Å². The quantitative estimate of drug-likeness (QED) is 0.907. The summed E-state index contributed by atoms with van der Waals surface area (Å²) in [5.41, 5.74) is 6.94. The van der Waals surface area contributed by atoms with Gasteiger partial charge in [0.1, 0.15) is 0 Å². The number of nitrogens with two attached hydrogens (primary N) is 1. The summed E-state index contributed by atoms with van der Waals surface area (Å²) in [5.74, 6) is 0. The van der Waals surface area contributed by atoms with E-state index in [1.54, 1.807) is 12.1 Å². The maximum absolute atomic E-state index is 12.8. The molecule has 4 heteroatoms. The molecule has 1 heterocycles. The zero-order chi connectivity index (χ0) is 14.4. The maximum atomic E-state index is 12.8. The van der Waals surface area contributed by atoms with Gasteiger partial charge in [-0.15, -0.1) is 0 Å². The van der Waals surface area contributed by atoms with Crippen LogP contribution in [0.15, 0.2) is 24.3 Å². The van der Waals surface area contributed by atoms with Crippen molar-refractivity contribution in [1.29, 1.82) is 0 Å². The lowest BCUT2D eigenvalue weighted by Gasteiger charge is -2.32. The van der Waals surface area contributed by atoms with Gasteiger partial charge in [-0.2, -0.15) is 0 Å². The molecule has 0 spiro atoms. The summed E-state index contributed by atoms with van der Waals surface area (Å²) in [6, 6.07) is 6.79. The molecule has 1 fully saturated rings. The average Bonchev–Trinajstić information content (AvgIpc) is 2.42. The highest BCUT2D eigenvalue weighted by atomic mass is 19.3. The Morgan fingerprint density at radius 1 is 1.00 bits per heavy atom. The summed E-state index contributed by atoms with van der Waals surface area (Å²) < 4.78 is 25.7. The molecule has 0 aliphatic carbocycles. The summed E-state index contributed by atoms with van der Waals surface area (Å²) in [6.07, 6.45) is 3.74. The van der Waals surface area contributed by atoms with Crippen LogP contribution in [0.5, 0.6) is 0 Å². The first-order chi connectivity index (χ1) is 9.72. The Kier molecular flexibility index (Phi) is 5.92. The molecule has 1 aromatic carbocycles. The SMILES string of the molecule is NCC(c1cccc(C(F)F)c1)N1CCCCCCC1. The van der Waals surface area contributed by atoms with Gasteiger partial charge in [-0.25, -0.2) is 8.78 Å². The van der Waals surface area contributed by atoms with Crippen molar-refractivity contribution in [3.63, 3.8) is 0 Å². The van der Waals surface area contributed by atoms with E-state index in [0.717, 1.165) is 18.7 Å². The van der Waals surface area contributed by atoms with Crippen molar-refractivity contribution in [3.05, 3.63) is 35.4 Å². The molecule has 0 amide bonds. The molecule has 1 atom stereocenters. The molecule has 20 heavy (non-hydrogen) atoms. The van der Waals surface area contributed by atoms with Crippen LogP contribution in [0.2, 0.25) is 0 Å². The van der Waals surface area contributed by atoms with Crippen molar-refractivity contribution in [3.8, 4) is 0 Å². The lowest BCUT2D eigenvalue weighted by atomic mass is 10.00. The number of alkyl halides is 2. The maximum Gasteiger partial charge on any atom is 0.263 e. The second-order valence-electron chi connectivity index (χ2n) is 5.53. The second-order valence-corrected chi connectivity index (χ2v) is 5.53. The van der Waals surface area contributed by atoms with Crippen LogP contribution in [0.25, 0.3) is 0 Å². The Bertz CT molecular complexity index is 401. The standard InChI is InChI=1S/C16H24F2N2/c17-16(18)14-8-6-7-13(11-14)15(12-19)20-9-4-2-1-3-5-10-20/h6-8,11,15-16H,1-5,9-10,12,19H2. The molecule has 112 valence electrons. The number of halogens is 2. The van der Waals surface area contributed by atoms with E-state index >= 15 is 0 Å². The Morgan fingerprint density at radius 2 is 1.60 bits per heavy atom. The first-order valence-electron chi connectivity index (χ1n) is 7.54. The first kappa shape index (κ1) is 15.4. The van der Waals surface area contributed by atoms with Gasteiger partial charge in [0, 0.05) is 18.2 Å². The Morgan fingerprint density at radius 3 is 2.20 bits per heavy atom. The van der Waals surface area contributed by atoms with Crippen LogP contribution in [0.1, 0.15) is 55.7 Å². The van der Waals surface area contributed by atoms with E-state index in [1.165, 1.54) is 38.2 Å². The zero-order valence-corrected chi connectivity index (χ0v) is 11.9. The molecule has 0 saturated carbocycles. The number of rotatable bonds is 4. The minimum absolute atomic E-state index is 0.0619. The number of hydrogen-bond donors (Lipinski definition) is 1. The molecule has 1 unspecified atom stereocenters. The Balaban J connectivity index is 2.15. The van der Waals surface area contributed by atoms with Gasteiger partial charge in [0.15, 0.2) is 0 Å². The van der Waals surface area contributed by atoms with E-state index in [1.807, 2.05) is 6.07 Å². The predicted octanol–water partition coefficient (Wildman–Crippen LogP) is 3.89. The van der Waals surface area contributed by atoms with Gasteiger partial charge in [0.25, 0.3) is 6.43 Å². The molecule has 1 aliphatic rings. The van der Waals surface area contributed by atoms with Crippen LogP contribution in [0, 0.1) is 0 Å². The summed E-state index contributed by atoms with van der Waals surface area (Å²) >= 11 is 0. The highest BCUT2D eigenvalue weighted by molar-refractivity contribution is 5.27. The highest BCUT2D eigenvalue weighted by Crippen LogP contribution is 2.27. The normalized spacial score (nSPS) is 19.6. The molecule has 1 aromatic rings. The minimum Gasteiger partial charge on any atom is -0.329 e. The summed E-state index contributed by atoms with van der Waals surface area (Å²) in [5, 5.41) is 0. The van der Waals surface area contributed by atoms with Crippen LogP contribution in [-0.2, 0) is 0 Å². The van der Waals surface area contributed by atoms with Crippen molar-refractivity contribution in [2.24, 2.45) is 5.73 Å². The molecule has 2 rings (SSSR count). The average molecular weight is 282 g/mol. The van der Waals surface area contributed by atoms with Gasteiger partial charge in [0.2, 0.25) is 0 Å². The molecule has 1 saturated heterocycles. The molecule has 2 N–H and O–H groups in total. The van der Waals surface area contributed by atoms with E-state index in [-0.39, 0.29) is 11.6 Å². The number of nitrogens with zero attached hydrogens (tertiary/aromatic N) is 1. The molecule has 0 aromatic heterocycles. The number of likely N-dealkylation sites (tertiary alicyclic amines) is 1. The Hall–Kier alpha value is -1.00. The van der Waals surface area contributed by atoms with Gasteiger partial charge in [-0.1, -0.05) is 37.5 Å². The van der Waals surface area contributed by atoms with Gasteiger partial charge in [-0.3, -0.25) is 4.90 Å². The molecular weight excluding hydrogens is 258 g/mol. The summed E-state index contributed by atoms with van der Waals surface area (Å²) in [6.45, 7) is 2.51. The topological polar surface area (TPSA) is 29.3 Å². The van der Waals surface area contributed by atoms with Crippen LogP contribution >= 0.6 is 0 Å². The third kappa shape index (κ3) is 4.00. The van der Waals surface area contributed by atoms with Gasteiger partial charge in [0.05, 0.1) is 0 Å². The Labute approximate surface area is 120 Å². The third-order valence-corrected chi connectivity index (χ3v) is 4.10. The molecule has 1 aliphatic heterocycles. The largest absolute Gasteiger partial charge is 0.329 e. The highest BCUT2D eigenvalue weighted by Gasteiger charge is 2.20. The first-order valence-corrected chi connectivity index (χ1v) is 7.54. The fourth-order valence-corrected chi connectivity index (χ4v) is 2.98. The van der Waals surface area contributed by atoms with Gasteiger partial charge >= 0.3 is 0 Å². The number of hydrogen-bond acceptors (Lipinski definition) is 2. The van der Waals surface area contributed by atoms with Crippen molar-refractivity contribution in [2.45, 2.75) is 44.6 Å². The minimum atomic E-state index is -2.42. The van der Waals surface area contributed by atoms with E-state index in [0.29, 0.717) is 6.54 Å². The number of benzene rings is 1. The molecule has 0 radical (unpaired) electrons. The summed E-state index contributed by atoms with van der Waals surface area (Å²) in [7, 11) is 0. The van der Waals surface area contributed by atoms with E-state index in [4.69, 9.17) is 5.73 Å². The fourth-order valence-electron chi connectivity index (χ4n) is 2.98. The van der Waals surface area contributed by atoms with E-state index in [2.05, 4.69) is 4.90 Å². The molecule has 2 nitrogen and oxygen atoms in total. The van der Waals surface area contributed by atoms with Crippen molar-refractivity contribution in [1.82, 2.24) is 4.90 Å². The monoisotopic (exact) mass is 282 g/mol. The van der Waals surface area contributed by atoms with E-state index < -0.39 is 6.43 Å². The van der Waals surface area contributed by atoms with Crippen LogP contribution in [0.4, 0.5) is 8.78 Å².